The topological polar surface area (TPSA) is 38.3 Å². The van der Waals surface area contributed by atoms with E-state index in [1.165, 1.54) is 10.9 Å². The Morgan fingerprint density at radius 1 is 1.10 bits per heavy atom. The first-order valence-electron chi connectivity index (χ1n) is 7.40. The maximum Gasteiger partial charge on any atom is 0.412 e. The lowest BCUT2D eigenvalue weighted by Gasteiger charge is -2.19. The number of ether oxygens (including phenoxy) is 1. The standard InChI is InChI=1S/C18H23NO2/c1-5-6-13-7-8-15-12-16(10-9-14(15)11-13)19-17(20)21-18(2,3)4/h7-12H,5-6H2,1-4H3,(H,19,20). The molecule has 1 N–H and O–H groups in total. The van der Waals surface area contributed by atoms with Gasteiger partial charge >= 0.3 is 6.09 Å². The Hall–Kier alpha value is -2.03. The average Bonchev–Trinajstić information content (AvgIpc) is 2.37. The summed E-state index contributed by atoms with van der Waals surface area (Å²) in [5.41, 5.74) is 1.61. The van der Waals surface area contributed by atoms with E-state index in [2.05, 4.69) is 30.4 Å². The van der Waals surface area contributed by atoms with Crippen LogP contribution in [0.15, 0.2) is 36.4 Å². The van der Waals surface area contributed by atoms with Crippen molar-refractivity contribution in [3.05, 3.63) is 42.0 Å². The number of carbonyl (C=O) groups excluding carboxylic acids is 1. The smallest absolute Gasteiger partial charge is 0.412 e. The first kappa shape index (κ1) is 15.4. The van der Waals surface area contributed by atoms with Crippen LogP contribution in [0.3, 0.4) is 0 Å². The van der Waals surface area contributed by atoms with Gasteiger partial charge in [-0.05, 0) is 55.7 Å². The molecule has 0 aromatic heterocycles. The van der Waals surface area contributed by atoms with Gasteiger partial charge in [-0.15, -0.1) is 0 Å². The molecule has 0 unspecified atom stereocenters. The Labute approximate surface area is 126 Å². The van der Waals surface area contributed by atoms with E-state index in [4.69, 9.17) is 4.74 Å². The van der Waals surface area contributed by atoms with Crippen LogP contribution in [0.5, 0.6) is 0 Å². The molecule has 0 saturated heterocycles. The van der Waals surface area contributed by atoms with Gasteiger partial charge in [-0.3, -0.25) is 5.32 Å². The second-order valence-electron chi connectivity index (χ2n) is 6.27. The summed E-state index contributed by atoms with van der Waals surface area (Å²) in [7, 11) is 0. The van der Waals surface area contributed by atoms with Gasteiger partial charge in [0.25, 0.3) is 0 Å². The Morgan fingerprint density at radius 2 is 1.76 bits per heavy atom. The molecule has 0 bridgehead atoms. The third kappa shape index (κ3) is 4.48. The van der Waals surface area contributed by atoms with Crippen LogP contribution in [-0.2, 0) is 11.2 Å². The van der Waals surface area contributed by atoms with Crippen molar-refractivity contribution in [2.45, 2.75) is 46.1 Å². The van der Waals surface area contributed by atoms with Gasteiger partial charge in [0, 0.05) is 5.69 Å². The molecule has 3 nitrogen and oxygen atoms in total. The van der Waals surface area contributed by atoms with Crippen LogP contribution in [-0.4, -0.2) is 11.7 Å². The van der Waals surface area contributed by atoms with Crippen molar-refractivity contribution in [3.63, 3.8) is 0 Å². The predicted molar refractivity (Wildman–Crippen MR) is 87.8 cm³/mol. The molecule has 0 heterocycles. The number of hydrogen-bond donors (Lipinski definition) is 1. The van der Waals surface area contributed by atoms with Gasteiger partial charge in [0.1, 0.15) is 5.60 Å². The molecule has 0 aliphatic carbocycles. The fraction of sp³-hybridized carbons (Fsp3) is 0.389. The van der Waals surface area contributed by atoms with E-state index in [1.54, 1.807) is 0 Å². The summed E-state index contributed by atoms with van der Waals surface area (Å²) < 4.78 is 5.25. The number of carbonyl (C=O) groups is 1. The SMILES string of the molecule is CCCc1ccc2cc(NC(=O)OC(C)(C)C)ccc2c1. The Kier molecular flexibility index (Phi) is 4.51. The number of rotatable bonds is 3. The van der Waals surface area contributed by atoms with E-state index >= 15 is 0 Å². The molecule has 3 heteroatoms. The van der Waals surface area contributed by atoms with Gasteiger partial charge in [0.05, 0.1) is 0 Å². The fourth-order valence-electron chi connectivity index (χ4n) is 2.24. The molecule has 0 fully saturated rings. The van der Waals surface area contributed by atoms with Crippen LogP contribution >= 0.6 is 0 Å². The minimum atomic E-state index is -0.490. The number of hydrogen-bond acceptors (Lipinski definition) is 2. The summed E-state index contributed by atoms with van der Waals surface area (Å²) >= 11 is 0. The first-order valence-corrected chi connectivity index (χ1v) is 7.40. The van der Waals surface area contributed by atoms with Crippen LogP contribution < -0.4 is 5.32 Å². The molecule has 21 heavy (non-hydrogen) atoms. The van der Waals surface area contributed by atoms with Crippen LogP contribution in [0.1, 0.15) is 39.7 Å². The summed E-state index contributed by atoms with van der Waals surface area (Å²) in [6.07, 6.45) is 1.81. The maximum absolute atomic E-state index is 11.8. The van der Waals surface area contributed by atoms with Crippen molar-refractivity contribution in [2.24, 2.45) is 0 Å². The largest absolute Gasteiger partial charge is 0.444 e. The summed E-state index contributed by atoms with van der Waals surface area (Å²) in [5.74, 6) is 0. The molecule has 0 radical (unpaired) electrons. The van der Waals surface area contributed by atoms with Crippen molar-refractivity contribution in [1.82, 2.24) is 0 Å². The summed E-state index contributed by atoms with van der Waals surface area (Å²) in [5, 5.41) is 5.07. The molecule has 112 valence electrons. The molecule has 2 aromatic rings. The van der Waals surface area contributed by atoms with Gasteiger partial charge in [0.2, 0.25) is 0 Å². The van der Waals surface area contributed by atoms with E-state index in [-0.39, 0.29) is 0 Å². The zero-order chi connectivity index (χ0) is 15.5. The van der Waals surface area contributed by atoms with Crippen LogP contribution in [0.25, 0.3) is 10.8 Å². The van der Waals surface area contributed by atoms with Crippen LogP contribution in [0.2, 0.25) is 0 Å². The van der Waals surface area contributed by atoms with Crippen LogP contribution in [0, 0.1) is 0 Å². The minimum Gasteiger partial charge on any atom is -0.444 e. The van der Waals surface area contributed by atoms with Gasteiger partial charge < -0.3 is 4.74 Å². The molecule has 0 saturated carbocycles. The first-order chi connectivity index (χ1) is 9.87. The molecule has 2 rings (SSSR count). The summed E-state index contributed by atoms with van der Waals surface area (Å²) in [4.78, 5) is 11.8. The molecule has 2 aromatic carbocycles. The van der Waals surface area contributed by atoms with E-state index in [1.807, 2.05) is 39.0 Å². The number of fused-ring (bicyclic) bond motifs is 1. The average molecular weight is 285 g/mol. The maximum atomic E-state index is 11.8. The lowest BCUT2D eigenvalue weighted by molar-refractivity contribution is 0.0636. The zero-order valence-corrected chi connectivity index (χ0v) is 13.2. The zero-order valence-electron chi connectivity index (χ0n) is 13.2. The number of aryl methyl sites for hydroxylation is 1. The summed E-state index contributed by atoms with van der Waals surface area (Å²) in [6, 6.07) is 12.3. The number of benzene rings is 2. The second kappa shape index (κ2) is 6.17. The third-order valence-electron chi connectivity index (χ3n) is 3.09. The third-order valence-corrected chi connectivity index (χ3v) is 3.09. The van der Waals surface area contributed by atoms with Gasteiger partial charge in [-0.1, -0.05) is 37.6 Å². The Morgan fingerprint density at radius 3 is 2.43 bits per heavy atom. The number of nitrogens with one attached hydrogen (secondary N) is 1. The second-order valence-corrected chi connectivity index (χ2v) is 6.27. The van der Waals surface area contributed by atoms with Gasteiger partial charge in [-0.25, -0.2) is 4.79 Å². The van der Waals surface area contributed by atoms with Gasteiger partial charge in [0.15, 0.2) is 0 Å². The van der Waals surface area contributed by atoms with Gasteiger partial charge in [-0.2, -0.15) is 0 Å². The lowest BCUT2D eigenvalue weighted by Crippen LogP contribution is -2.27. The molecule has 0 aliphatic heterocycles. The monoisotopic (exact) mass is 285 g/mol. The van der Waals surface area contributed by atoms with Crippen molar-refractivity contribution in [3.8, 4) is 0 Å². The van der Waals surface area contributed by atoms with Crippen molar-refractivity contribution in [1.29, 1.82) is 0 Å². The Bertz CT molecular complexity index is 641. The normalized spacial score (nSPS) is 11.4. The van der Waals surface area contributed by atoms with Crippen LogP contribution in [0.4, 0.5) is 10.5 Å². The molecular formula is C18H23NO2. The van der Waals surface area contributed by atoms with E-state index < -0.39 is 11.7 Å². The fourth-order valence-corrected chi connectivity index (χ4v) is 2.24. The quantitative estimate of drug-likeness (QED) is 0.848. The molecule has 1 amide bonds. The van der Waals surface area contributed by atoms with E-state index in [9.17, 15) is 4.79 Å². The molecule has 0 aliphatic rings. The van der Waals surface area contributed by atoms with E-state index in [0.29, 0.717) is 0 Å². The minimum absolute atomic E-state index is 0.426. The van der Waals surface area contributed by atoms with Crippen molar-refractivity contribution in [2.75, 3.05) is 5.32 Å². The highest BCUT2D eigenvalue weighted by atomic mass is 16.6. The number of amides is 1. The Balaban J connectivity index is 2.16. The van der Waals surface area contributed by atoms with Crippen molar-refractivity contribution >= 4 is 22.6 Å². The predicted octanol–water partition coefficient (Wildman–Crippen LogP) is 5.14. The van der Waals surface area contributed by atoms with Crippen molar-refractivity contribution < 1.29 is 9.53 Å². The molecule has 0 spiro atoms. The lowest BCUT2D eigenvalue weighted by atomic mass is 10.0. The number of anilines is 1. The highest BCUT2D eigenvalue weighted by Crippen LogP contribution is 2.22. The molecule has 0 atom stereocenters. The highest BCUT2D eigenvalue weighted by molar-refractivity contribution is 5.91. The van der Waals surface area contributed by atoms with E-state index in [0.717, 1.165) is 23.9 Å². The highest BCUT2D eigenvalue weighted by Gasteiger charge is 2.16. The molecular weight excluding hydrogens is 262 g/mol. The summed E-state index contributed by atoms with van der Waals surface area (Å²) in [6.45, 7) is 7.73.